The highest BCUT2D eigenvalue weighted by atomic mass is 32.2. The van der Waals surface area contributed by atoms with Gasteiger partial charge in [0.2, 0.25) is 0 Å². The minimum atomic E-state index is 0.0322. The van der Waals surface area contributed by atoms with Crippen LogP contribution in [0, 0.1) is 0 Å². The molecule has 2 aromatic carbocycles. The number of thioether (sulfide) groups is 1. The number of ether oxygens (including phenoxy) is 1. The first kappa shape index (κ1) is 30.2. The summed E-state index contributed by atoms with van der Waals surface area (Å²) in [7, 11) is 0. The molecule has 0 aliphatic rings. The third kappa shape index (κ3) is 13.9. The van der Waals surface area contributed by atoms with Crippen molar-refractivity contribution < 1.29 is 9.53 Å². The fourth-order valence-electron chi connectivity index (χ4n) is 4.19. The molecule has 0 fully saturated rings. The van der Waals surface area contributed by atoms with Crippen molar-refractivity contribution in [2.45, 2.75) is 109 Å². The molecule has 0 aromatic heterocycles. The molecule has 0 spiro atoms. The van der Waals surface area contributed by atoms with Crippen LogP contribution in [0.25, 0.3) is 6.08 Å². The van der Waals surface area contributed by atoms with Crippen molar-refractivity contribution in [3.05, 3.63) is 65.7 Å². The fourth-order valence-corrected chi connectivity index (χ4v) is 4.96. The van der Waals surface area contributed by atoms with E-state index in [1.807, 2.05) is 66.4 Å². The number of carbonyl (C=O) groups is 1. The van der Waals surface area contributed by atoms with E-state index in [2.05, 4.69) is 13.8 Å². The third-order valence-electron chi connectivity index (χ3n) is 6.44. The van der Waals surface area contributed by atoms with Crippen molar-refractivity contribution >= 4 is 23.6 Å². The Kier molecular flexibility index (Phi) is 16.9. The van der Waals surface area contributed by atoms with E-state index in [1.165, 1.54) is 81.9 Å². The van der Waals surface area contributed by atoms with Crippen LogP contribution in [0.15, 0.2) is 59.5 Å². The van der Waals surface area contributed by atoms with Gasteiger partial charge in [0.05, 0.1) is 6.61 Å². The van der Waals surface area contributed by atoms with Gasteiger partial charge in [-0.1, -0.05) is 109 Å². The normalized spacial score (nSPS) is 11.3. The van der Waals surface area contributed by atoms with Crippen molar-refractivity contribution in [3.8, 4) is 5.75 Å². The molecular weight excluding hydrogens is 460 g/mol. The zero-order chi connectivity index (χ0) is 25.7. The van der Waals surface area contributed by atoms with Crippen LogP contribution in [0.1, 0.15) is 120 Å². The van der Waals surface area contributed by atoms with Gasteiger partial charge in [0.15, 0.2) is 5.78 Å². The summed E-state index contributed by atoms with van der Waals surface area (Å²) in [5, 5.41) is 0. The summed E-state index contributed by atoms with van der Waals surface area (Å²) in [5.41, 5.74) is 1.73. The monoisotopic (exact) mass is 508 g/mol. The van der Waals surface area contributed by atoms with Gasteiger partial charge in [-0.3, -0.25) is 4.79 Å². The Balaban J connectivity index is 1.53. The number of ketones is 1. The Morgan fingerprint density at radius 2 is 1.25 bits per heavy atom. The smallest absolute Gasteiger partial charge is 0.185 e. The first-order chi connectivity index (χ1) is 17.7. The third-order valence-corrected chi connectivity index (χ3v) is 7.65. The number of benzene rings is 2. The molecule has 3 heteroatoms. The largest absolute Gasteiger partial charge is 0.494 e. The van der Waals surface area contributed by atoms with Crippen molar-refractivity contribution in [2.24, 2.45) is 0 Å². The lowest BCUT2D eigenvalue weighted by Gasteiger charge is -2.07. The molecule has 0 aliphatic heterocycles. The SMILES string of the molecule is CCCCCCCCCCCCCCCOc1ccc(/C=C/C(=O)c2ccc(SCCC)cc2)cc1. The fraction of sp³-hybridized carbons (Fsp3) is 0.545. The van der Waals surface area contributed by atoms with Crippen molar-refractivity contribution in [1.82, 2.24) is 0 Å². The molecule has 0 N–H and O–H groups in total. The zero-order valence-corrected chi connectivity index (χ0v) is 23.6. The number of carbonyl (C=O) groups excluding carboxylic acids is 1. The first-order valence-electron chi connectivity index (χ1n) is 14.4. The van der Waals surface area contributed by atoms with Gasteiger partial charge in [-0.25, -0.2) is 0 Å². The highest BCUT2D eigenvalue weighted by Gasteiger charge is 2.02. The van der Waals surface area contributed by atoms with E-state index in [1.54, 1.807) is 6.08 Å². The lowest BCUT2D eigenvalue weighted by Crippen LogP contribution is -1.97. The second kappa shape index (κ2) is 20.1. The molecule has 2 rings (SSSR count). The molecule has 0 heterocycles. The Morgan fingerprint density at radius 1 is 0.694 bits per heavy atom. The van der Waals surface area contributed by atoms with E-state index in [9.17, 15) is 4.79 Å². The van der Waals surface area contributed by atoms with Crippen molar-refractivity contribution in [3.63, 3.8) is 0 Å². The zero-order valence-electron chi connectivity index (χ0n) is 22.8. The molecule has 2 nitrogen and oxygen atoms in total. The molecule has 0 saturated carbocycles. The van der Waals surface area contributed by atoms with Crippen molar-refractivity contribution in [2.75, 3.05) is 12.4 Å². The highest BCUT2D eigenvalue weighted by molar-refractivity contribution is 7.99. The number of hydrogen-bond donors (Lipinski definition) is 0. The average Bonchev–Trinajstić information content (AvgIpc) is 2.91. The van der Waals surface area contributed by atoms with E-state index in [-0.39, 0.29) is 5.78 Å². The van der Waals surface area contributed by atoms with E-state index >= 15 is 0 Å². The van der Waals surface area contributed by atoms with E-state index in [0.29, 0.717) is 0 Å². The first-order valence-corrected chi connectivity index (χ1v) is 15.4. The van der Waals surface area contributed by atoms with Crippen LogP contribution in [-0.4, -0.2) is 18.1 Å². The molecule has 0 bridgehead atoms. The summed E-state index contributed by atoms with van der Waals surface area (Å²) in [6.07, 6.45) is 22.4. The van der Waals surface area contributed by atoms with Gasteiger partial charge in [-0.05, 0) is 66.6 Å². The summed E-state index contributed by atoms with van der Waals surface area (Å²) < 4.78 is 5.90. The minimum absolute atomic E-state index is 0.0322. The predicted molar refractivity (Wildman–Crippen MR) is 158 cm³/mol. The molecule has 0 saturated heterocycles. The van der Waals surface area contributed by atoms with Gasteiger partial charge >= 0.3 is 0 Å². The van der Waals surface area contributed by atoms with Crippen molar-refractivity contribution in [1.29, 1.82) is 0 Å². The molecule has 0 radical (unpaired) electrons. The van der Waals surface area contributed by atoms with Gasteiger partial charge in [-0.15, -0.1) is 11.8 Å². The Bertz CT molecular complexity index is 839. The average molecular weight is 509 g/mol. The Labute approximate surface area is 225 Å². The molecule has 0 atom stereocenters. The van der Waals surface area contributed by atoms with Gasteiger partial charge in [0.25, 0.3) is 0 Å². The number of unbranched alkanes of at least 4 members (excludes halogenated alkanes) is 12. The van der Waals surface area contributed by atoms with E-state index in [4.69, 9.17) is 4.74 Å². The van der Waals surface area contributed by atoms with Gasteiger partial charge in [0, 0.05) is 10.5 Å². The number of hydrogen-bond acceptors (Lipinski definition) is 3. The molecule has 198 valence electrons. The Morgan fingerprint density at radius 3 is 1.81 bits per heavy atom. The predicted octanol–water partition coefficient (Wildman–Crippen LogP) is 10.6. The topological polar surface area (TPSA) is 26.3 Å². The summed E-state index contributed by atoms with van der Waals surface area (Å²) in [6, 6.07) is 15.9. The maximum atomic E-state index is 12.5. The van der Waals surface area contributed by atoms with Crippen LogP contribution in [0.2, 0.25) is 0 Å². The van der Waals surface area contributed by atoms with Crippen LogP contribution in [-0.2, 0) is 0 Å². The van der Waals surface area contributed by atoms with Crippen LogP contribution in [0.3, 0.4) is 0 Å². The molecule has 0 amide bonds. The number of allylic oxidation sites excluding steroid dienone is 1. The second-order valence-corrected chi connectivity index (χ2v) is 10.9. The van der Waals surface area contributed by atoms with Crippen LogP contribution < -0.4 is 4.74 Å². The molecule has 0 unspecified atom stereocenters. The Hall–Kier alpha value is -2.00. The maximum Gasteiger partial charge on any atom is 0.185 e. The number of rotatable bonds is 21. The molecular formula is C33H48O2S. The highest BCUT2D eigenvalue weighted by Crippen LogP contribution is 2.20. The second-order valence-electron chi connectivity index (χ2n) is 9.73. The van der Waals surface area contributed by atoms with Gasteiger partial charge in [-0.2, -0.15) is 0 Å². The summed E-state index contributed by atoms with van der Waals surface area (Å²) in [4.78, 5) is 13.7. The quantitative estimate of drug-likeness (QED) is 0.0726. The lowest BCUT2D eigenvalue weighted by atomic mass is 10.0. The molecule has 0 aliphatic carbocycles. The maximum absolute atomic E-state index is 12.5. The molecule has 2 aromatic rings. The summed E-state index contributed by atoms with van der Waals surface area (Å²) >= 11 is 1.83. The molecule has 36 heavy (non-hydrogen) atoms. The van der Waals surface area contributed by atoms with Gasteiger partial charge < -0.3 is 4.74 Å². The van der Waals surface area contributed by atoms with E-state index in [0.717, 1.165) is 42.1 Å². The standard InChI is InChI=1S/C33H48O2S/c1-3-5-6-7-8-9-10-11-12-13-14-15-16-27-35-31-22-17-29(18-23-31)19-26-33(34)30-20-24-32(25-21-30)36-28-4-2/h17-26H,3-16,27-28H2,1-2H3/b26-19+. The summed E-state index contributed by atoms with van der Waals surface area (Å²) in [6.45, 7) is 5.23. The van der Waals surface area contributed by atoms with Crippen LogP contribution in [0.5, 0.6) is 5.75 Å². The van der Waals surface area contributed by atoms with Crippen LogP contribution in [0.4, 0.5) is 0 Å². The van der Waals surface area contributed by atoms with Gasteiger partial charge in [0.1, 0.15) is 5.75 Å². The minimum Gasteiger partial charge on any atom is -0.494 e. The lowest BCUT2D eigenvalue weighted by molar-refractivity contribution is 0.104. The van der Waals surface area contributed by atoms with Crippen LogP contribution >= 0.6 is 11.8 Å². The summed E-state index contributed by atoms with van der Waals surface area (Å²) in [5.74, 6) is 2.04. The van der Waals surface area contributed by atoms with E-state index < -0.39 is 0 Å².